The Morgan fingerprint density at radius 1 is 1.29 bits per heavy atom. The molecule has 0 saturated carbocycles. The van der Waals surface area contributed by atoms with Crippen LogP contribution in [0.1, 0.15) is 25.8 Å². The first-order chi connectivity index (χ1) is 8.17. The lowest BCUT2D eigenvalue weighted by atomic mass is 10.0. The van der Waals surface area contributed by atoms with Gasteiger partial charge in [-0.2, -0.15) is 0 Å². The second kappa shape index (κ2) is 7.07. The molecule has 0 heterocycles. The van der Waals surface area contributed by atoms with Crippen molar-refractivity contribution >= 4 is 5.91 Å². The van der Waals surface area contributed by atoms with Crippen molar-refractivity contribution in [2.75, 3.05) is 7.05 Å². The fraction of sp³-hybridized carbons (Fsp3) is 0.500. The van der Waals surface area contributed by atoms with Crippen LogP contribution in [-0.4, -0.2) is 25.0 Å². The number of hydrogen-bond acceptors (Lipinski definition) is 2. The van der Waals surface area contributed by atoms with Crippen molar-refractivity contribution < 1.29 is 4.79 Å². The molecule has 0 fully saturated rings. The Labute approximate surface area is 104 Å². The second-order valence-electron chi connectivity index (χ2n) is 4.30. The Balaban J connectivity index is 2.52. The molecule has 1 aromatic carbocycles. The average Bonchev–Trinajstić information content (AvgIpc) is 2.38. The van der Waals surface area contributed by atoms with Crippen molar-refractivity contribution in [1.29, 1.82) is 0 Å². The molecule has 0 spiro atoms. The van der Waals surface area contributed by atoms with Gasteiger partial charge in [0.2, 0.25) is 5.91 Å². The van der Waals surface area contributed by atoms with E-state index in [1.165, 1.54) is 5.56 Å². The van der Waals surface area contributed by atoms with Gasteiger partial charge in [-0.1, -0.05) is 37.3 Å². The van der Waals surface area contributed by atoms with Gasteiger partial charge in [-0.3, -0.25) is 4.79 Å². The monoisotopic (exact) mass is 234 g/mol. The number of carbonyl (C=O) groups is 1. The molecule has 0 saturated heterocycles. The highest BCUT2D eigenvalue weighted by Crippen LogP contribution is 2.06. The SMILES string of the molecule is CCC(Cc1ccccc1)NC(C)C(=O)NC. The summed E-state index contributed by atoms with van der Waals surface area (Å²) in [5, 5.41) is 6.01. The molecule has 17 heavy (non-hydrogen) atoms. The quantitative estimate of drug-likeness (QED) is 0.787. The minimum Gasteiger partial charge on any atom is -0.358 e. The van der Waals surface area contributed by atoms with E-state index in [0.717, 1.165) is 12.8 Å². The van der Waals surface area contributed by atoms with E-state index in [9.17, 15) is 4.79 Å². The zero-order valence-electron chi connectivity index (χ0n) is 10.9. The number of nitrogens with one attached hydrogen (secondary N) is 2. The smallest absolute Gasteiger partial charge is 0.236 e. The van der Waals surface area contributed by atoms with Crippen molar-refractivity contribution in [1.82, 2.24) is 10.6 Å². The van der Waals surface area contributed by atoms with E-state index in [4.69, 9.17) is 0 Å². The molecule has 0 aliphatic carbocycles. The highest BCUT2D eigenvalue weighted by molar-refractivity contribution is 5.80. The minimum atomic E-state index is -0.145. The van der Waals surface area contributed by atoms with Crippen LogP contribution in [-0.2, 0) is 11.2 Å². The summed E-state index contributed by atoms with van der Waals surface area (Å²) >= 11 is 0. The molecule has 0 aromatic heterocycles. The van der Waals surface area contributed by atoms with Gasteiger partial charge < -0.3 is 10.6 Å². The summed E-state index contributed by atoms with van der Waals surface area (Å²) in [6.45, 7) is 4.03. The lowest BCUT2D eigenvalue weighted by Gasteiger charge is -2.21. The Hall–Kier alpha value is -1.35. The number of carbonyl (C=O) groups excluding carboxylic acids is 1. The summed E-state index contributed by atoms with van der Waals surface area (Å²) in [5.74, 6) is 0.0384. The maximum Gasteiger partial charge on any atom is 0.236 e. The van der Waals surface area contributed by atoms with Crippen LogP contribution < -0.4 is 10.6 Å². The highest BCUT2D eigenvalue weighted by atomic mass is 16.2. The number of benzene rings is 1. The fourth-order valence-electron chi connectivity index (χ4n) is 1.87. The number of hydrogen-bond donors (Lipinski definition) is 2. The normalized spacial score (nSPS) is 14.1. The van der Waals surface area contributed by atoms with Crippen LogP contribution in [0.2, 0.25) is 0 Å². The number of likely N-dealkylation sites (N-methyl/N-ethyl adjacent to an activating group) is 1. The molecule has 3 nitrogen and oxygen atoms in total. The molecule has 0 aliphatic rings. The average molecular weight is 234 g/mol. The van der Waals surface area contributed by atoms with Crippen molar-refractivity contribution in [2.24, 2.45) is 0 Å². The lowest BCUT2D eigenvalue weighted by molar-refractivity contribution is -0.122. The lowest BCUT2D eigenvalue weighted by Crippen LogP contribution is -2.46. The Kier molecular flexibility index (Phi) is 5.70. The first-order valence-electron chi connectivity index (χ1n) is 6.19. The number of rotatable bonds is 6. The molecule has 3 heteroatoms. The predicted octanol–water partition coefficient (Wildman–Crippen LogP) is 1.73. The van der Waals surface area contributed by atoms with Crippen LogP contribution in [0.4, 0.5) is 0 Å². The molecule has 1 aromatic rings. The number of amides is 1. The fourth-order valence-corrected chi connectivity index (χ4v) is 1.87. The molecule has 2 atom stereocenters. The van der Waals surface area contributed by atoms with Crippen molar-refractivity contribution in [3.8, 4) is 0 Å². The summed E-state index contributed by atoms with van der Waals surface area (Å²) < 4.78 is 0. The van der Waals surface area contributed by atoms with E-state index in [0.29, 0.717) is 6.04 Å². The van der Waals surface area contributed by atoms with E-state index in [1.54, 1.807) is 7.05 Å². The topological polar surface area (TPSA) is 41.1 Å². The molecule has 0 bridgehead atoms. The van der Waals surface area contributed by atoms with Crippen LogP contribution in [0, 0.1) is 0 Å². The minimum absolute atomic E-state index is 0.0384. The van der Waals surface area contributed by atoms with E-state index in [1.807, 2.05) is 25.1 Å². The Morgan fingerprint density at radius 3 is 2.47 bits per heavy atom. The summed E-state index contributed by atoms with van der Waals surface area (Å²) in [4.78, 5) is 11.4. The van der Waals surface area contributed by atoms with Crippen LogP contribution >= 0.6 is 0 Å². The molecule has 1 amide bonds. The first-order valence-corrected chi connectivity index (χ1v) is 6.19. The van der Waals surface area contributed by atoms with Crippen molar-refractivity contribution in [3.63, 3.8) is 0 Å². The summed E-state index contributed by atoms with van der Waals surface area (Å²) in [6.07, 6.45) is 1.97. The van der Waals surface area contributed by atoms with Crippen LogP contribution in [0.25, 0.3) is 0 Å². The first kappa shape index (κ1) is 13.7. The zero-order valence-corrected chi connectivity index (χ0v) is 10.9. The van der Waals surface area contributed by atoms with Crippen LogP contribution in [0.3, 0.4) is 0 Å². The molecule has 2 unspecified atom stereocenters. The Bertz CT molecular complexity index is 337. The van der Waals surface area contributed by atoms with Gasteiger partial charge in [0.1, 0.15) is 0 Å². The van der Waals surface area contributed by atoms with Crippen molar-refractivity contribution in [2.45, 2.75) is 38.8 Å². The van der Waals surface area contributed by atoms with E-state index in [-0.39, 0.29) is 11.9 Å². The molecule has 0 aliphatic heterocycles. The van der Waals surface area contributed by atoms with E-state index >= 15 is 0 Å². The Morgan fingerprint density at radius 2 is 1.94 bits per heavy atom. The summed E-state index contributed by atoms with van der Waals surface area (Å²) in [6, 6.07) is 10.5. The van der Waals surface area contributed by atoms with Crippen molar-refractivity contribution in [3.05, 3.63) is 35.9 Å². The van der Waals surface area contributed by atoms with Gasteiger partial charge >= 0.3 is 0 Å². The maximum atomic E-state index is 11.4. The van der Waals surface area contributed by atoms with Gasteiger partial charge in [-0.05, 0) is 25.3 Å². The van der Waals surface area contributed by atoms with Gasteiger partial charge in [0.25, 0.3) is 0 Å². The zero-order chi connectivity index (χ0) is 12.7. The van der Waals surface area contributed by atoms with Crippen LogP contribution in [0.5, 0.6) is 0 Å². The molecular formula is C14H22N2O. The largest absolute Gasteiger partial charge is 0.358 e. The van der Waals surface area contributed by atoms with Gasteiger partial charge in [-0.15, -0.1) is 0 Å². The third-order valence-electron chi connectivity index (χ3n) is 2.94. The summed E-state index contributed by atoms with van der Waals surface area (Å²) in [7, 11) is 1.67. The predicted molar refractivity (Wildman–Crippen MR) is 70.9 cm³/mol. The standard InChI is InChI=1S/C14H22N2O/c1-4-13(16-11(2)14(17)15-3)10-12-8-6-5-7-9-12/h5-9,11,13,16H,4,10H2,1-3H3,(H,15,17). The molecule has 2 N–H and O–H groups in total. The van der Waals surface area contributed by atoms with E-state index < -0.39 is 0 Å². The highest BCUT2D eigenvalue weighted by Gasteiger charge is 2.15. The maximum absolute atomic E-state index is 11.4. The third kappa shape index (κ3) is 4.57. The van der Waals surface area contributed by atoms with Gasteiger partial charge in [0, 0.05) is 13.1 Å². The summed E-state index contributed by atoms with van der Waals surface area (Å²) in [5.41, 5.74) is 1.30. The molecule has 1 rings (SSSR count). The van der Waals surface area contributed by atoms with Gasteiger partial charge in [0.15, 0.2) is 0 Å². The second-order valence-corrected chi connectivity index (χ2v) is 4.30. The van der Waals surface area contributed by atoms with Gasteiger partial charge in [-0.25, -0.2) is 0 Å². The van der Waals surface area contributed by atoms with E-state index in [2.05, 4.69) is 29.7 Å². The molecule has 94 valence electrons. The van der Waals surface area contributed by atoms with Crippen LogP contribution in [0.15, 0.2) is 30.3 Å². The molecular weight excluding hydrogens is 212 g/mol. The van der Waals surface area contributed by atoms with Gasteiger partial charge in [0.05, 0.1) is 6.04 Å². The molecule has 0 radical (unpaired) electrons. The third-order valence-corrected chi connectivity index (χ3v) is 2.94.